The van der Waals surface area contributed by atoms with Gasteiger partial charge in [-0.1, -0.05) is 12.1 Å². The van der Waals surface area contributed by atoms with Crippen LogP contribution in [0.4, 0.5) is 20.3 Å². The molecule has 2 bridgehead atoms. The van der Waals surface area contributed by atoms with Crippen LogP contribution < -0.4 is 15.5 Å². The number of carbonyl (C=O) groups is 3. The van der Waals surface area contributed by atoms with Crippen molar-refractivity contribution in [2.24, 2.45) is 11.3 Å². The third kappa shape index (κ3) is 7.83. The van der Waals surface area contributed by atoms with E-state index in [-0.39, 0.29) is 41.3 Å². The van der Waals surface area contributed by atoms with Gasteiger partial charge in [0, 0.05) is 62.0 Å². The molecule has 1 spiro atoms. The first-order valence-corrected chi connectivity index (χ1v) is 24.2. The molecule has 2 N–H and O–H groups in total. The van der Waals surface area contributed by atoms with Crippen LogP contribution in [0.25, 0.3) is 27.6 Å². The largest absolute Gasteiger partial charge is 0.374 e. The van der Waals surface area contributed by atoms with Crippen LogP contribution in [-0.2, 0) is 20.7 Å². The first-order valence-electron chi connectivity index (χ1n) is 24.2. The summed E-state index contributed by atoms with van der Waals surface area (Å²) in [4.78, 5) is 55.4. The fraction of sp³-hybridized carbons (Fsp3) is 0.531. The molecule has 6 aliphatic rings. The quantitative estimate of drug-likeness (QED) is 0.132. The number of alkyl halides is 2. The van der Waals surface area contributed by atoms with E-state index < -0.39 is 24.1 Å². The van der Waals surface area contributed by atoms with Crippen LogP contribution in [0.5, 0.6) is 0 Å². The third-order valence-corrected chi connectivity index (χ3v) is 15.9. The van der Waals surface area contributed by atoms with Gasteiger partial charge in [0.25, 0.3) is 12.3 Å². The standard InChI is InChI=1S/C49H56F2N12O4/c50-44(51)43-37(54-47(65)36-23-53-61-19-14-40(55-46(36)61)60-25-34-22-33(60)27-67-34)26-62(57-43)32-10-8-30(9-11-32)24-58-20-15-49(16-21-58)28-59(29-49)18-3-5-31-4-1-7-38-42(31)35-6-2-17-52-45(35)63(38)39-12-13-41(64)56-48(39)66/h1-2,4,6-7,14,17,19,23,26,30,32-34,39,44H,3,5,8-13,15-16,18,20-22,24-25,27-29H2,(H,54,65)(H,56,64,66)/t30-,32-,33-,34-,39?/m1/s1. The maximum Gasteiger partial charge on any atom is 0.284 e. The number of anilines is 2. The summed E-state index contributed by atoms with van der Waals surface area (Å²) in [6.07, 6.45) is 13.8. The van der Waals surface area contributed by atoms with E-state index >= 15 is 0 Å². The number of halogens is 2. The highest BCUT2D eigenvalue weighted by Crippen LogP contribution is 2.43. The topological polar surface area (TPSA) is 160 Å². The molecule has 5 saturated heterocycles. The molecule has 67 heavy (non-hydrogen) atoms. The van der Waals surface area contributed by atoms with E-state index in [4.69, 9.17) is 14.7 Å². The lowest BCUT2D eigenvalue weighted by Crippen LogP contribution is -2.60. The molecule has 3 amide bonds. The Morgan fingerprint density at radius 2 is 1.84 bits per heavy atom. The zero-order chi connectivity index (χ0) is 45.4. The van der Waals surface area contributed by atoms with Crippen LogP contribution in [-0.4, -0.2) is 126 Å². The Morgan fingerprint density at radius 3 is 2.61 bits per heavy atom. The van der Waals surface area contributed by atoms with Crippen LogP contribution in [0.15, 0.2) is 61.2 Å². The molecular formula is C49H56F2N12O4. The van der Waals surface area contributed by atoms with Gasteiger partial charge in [-0.3, -0.25) is 24.4 Å². The van der Waals surface area contributed by atoms with Gasteiger partial charge in [0.05, 0.1) is 42.2 Å². The van der Waals surface area contributed by atoms with Crippen molar-refractivity contribution >= 4 is 56.8 Å². The molecule has 3 atom stereocenters. The molecule has 5 aliphatic heterocycles. The van der Waals surface area contributed by atoms with Crippen molar-refractivity contribution in [1.82, 2.24) is 49.0 Å². The van der Waals surface area contributed by atoms with Gasteiger partial charge in [-0.15, -0.1) is 0 Å². The predicted molar refractivity (Wildman–Crippen MR) is 246 cm³/mol. The average Bonchev–Trinajstić information content (AvgIpc) is 4.18. The summed E-state index contributed by atoms with van der Waals surface area (Å²) < 4.78 is 39.7. The zero-order valence-electron chi connectivity index (χ0n) is 37.5. The highest BCUT2D eigenvalue weighted by atomic mass is 19.3. The van der Waals surface area contributed by atoms with E-state index in [1.165, 1.54) is 29.1 Å². The van der Waals surface area contributed by atoms with E-state index in [9.17, 15) is 23.2 Å². The molecule has 1 unspecified atom stereocenters. The minimum Gasteiger partial charge on any atom is -0.374 e. The number of hydrogen-bond donors (Lipinski definition) is 2. The van der Waals surface area contributed by atoms with Crippen LogP contribution in [0.2, 0.25) is 0 Å². The maximum atomic E-state index is 14.4. The predicted octanol–water partition coefficient (Wildman–Crippen LogP) is 6.34. The lowest BCUT2D eigenvalue weighted by molar-refractivity contribution is -0.135. The van der Waals surface area contributed by atoms with Crippen molar-refractivity contribution < 1.29 is 27.9 Å². The molecule has 1 aliphatic carbocycles. The molecular weight excluding hydrogens is 859 g/mol. The third-order valence-electron chi connectivity index (χ3n) is 15.9. The minimum atomic E-state index is -2.84. The van der Waals surface area contributed by atoms with Gasteiger partial charge in [-0.05, 0) is 125 Å². The van der Waals surface area contributed by atoms with Gasteiger partial charge < -0.3 is 29.3 Å². The normalized spacial score (nSPS) is 25.5. The highest BCUT2D eigenvalue weighted by Gasteiger charge is 2.45. The fourth-order valence-electron chi connectivity index (χ4n) is 12.4. The summed E-state index contributed by atoms with van der Waals surface area (Å²) in [5, 5.41) is 16.1. The van der Waals surface area contributed by atoms with E-state index in [2.05, 4.69) is 59.8 Å². The fourth-order valence-corrected chi connectivity index (χ4v) is 12.4. The van der Waals surface area contributed by atoms with Crippen molar-refractivity contribution in [1.29, 1.82) is 0 Å². The lowest BCUT2D eigenvalue weighted by atomic mass is 9.71. The molecule has 10 heterocycles. The summed E-state index contributed by atoms with van der Waals surface area (Å²) in [5.74, 6) is 0.271. The number of nitrogens with zero attached hydrogens (tertiary/aromatic N) is 10. The van der Waals surface area contributed by atoms with E-state index in [1.54, 1.807) is 23.3 Å². The van der Waals surface area contributed by atoms with E-state index in [0.717, 1.165) is 119 Å². The number of amides is 3. The molecule has 5 aromatic heterocycles. The number of aromatic nitrogens is 7. The van der Waals surface area contributed by atoms with Gasteiger partial charge in [0.15, 0.2) is 11.3 Å². The van der Waals surface area contributed by atoms with Gasteiger partial charge in [0.2, 0.25) is 11.8 Å². The van der Waals surface area contributed by atoms with Gasteiger partial charge in [-0.2, -0.15) is 10.2 Å². The number of ether oxygens (including phenoxy) is 1. The average molecular weight is 915 g/mol. The van der Waals surface area contributed by atoms with Crippen LogP contribution in [0, 0.1) is 11.3 Å². The maximum absolute atomic E-state index is 14.4. The molecule has 16 nitrogen and oxygen atoms in total. The Morgan fingerprint density at radius 1 is 0.985 bits per heavy atom. The summed E-state index contributed by atoms with van der Waals surface area (Å²) in [5.41, 5.74) is 3.63. The summed E-state index contributed by atoms with van der Waals surface area (Å²) in [6, 6.07) is 12.1. The smallest absolute Gasteiger partial charge is 0.284 e. The number of aryl methyl sites for hydroxylation is 1. The lowest BCUT2D eigenvalue weighted by Gasteiger charge is -2.54. The molecule has 350 valence electrons. The number of rotatable bonds is 12. The first kappa shape index (κ1) is 42.5. The van der Waals surface area contributed by atoms with Gasteiger partial charge >= 0.3 is 0 Å². The number of piperidine rings is 2. The Bertz CT molecular complexity index is 2870. The number of fused-ring (bicyclic) bond motifs is 6. The Labute approximate surface area is 386 Å². The molecule has 1 aromatic carbocycles. The van der Waals surface area contributed by atoms with Crippen molar-refractivity contribution in [3.05, 3.63) is 78.0 Å². The molecule has 18 heteroatoms. The van der Waals surface area contributed by atoms with Crippen molar-refractivity contribution in [3.8, 4) is 0 Å². The molecule has 12 rings (SSSR count). The van der Waals surface area contributed by atoms with Crippen molar-refractivity contribution in [2.45, 2.75) is 101 Å². The number of hydrogen-bond acceptors (Lipinski definition) is 11. The summed E-state index contributed by atoms with van der Waals surface area (Å²) in [6.45, 7) is 8.03. The van der Waals surface area contributed by atoms with Crippen LogP contribution in [0.1, 0.15) is 104 Å². The number of pyridine rings is 1. The number of carbonyl (C=O) groups excluding carboxylic acids is 3. The Hall–Kier alpha value is -5.85. The van der Waals surface area contributed by atoms with Crippen molar-refractivity contribution in [3.63, 3.8) is 0 Å². The monoisotopic (exact) mass is 914 g/mol. The SMILES string of the molecule is O=C1CCC(n2c3cccc(CCCN4CC5(CCN(C[C@H]6CC[C@H](n7cc(NC(=O)c8cnn9ccc(N%10C[C@H]%11C[C@@H]%10CO%11)nc89)c(C(F)F)n7)CC6)CC5)C4)c3c3cccnc32)C(=O)N1. The Balaban J connectivity index is 0.612. The second kappa shape index (κ2) is 17.0. The second-order valence-corrected chi connectivity index (χ2v) is 20.1. The minimum absolute atomic E-state index is 0.00545. The molecule has 6 aromatic rings. The van der Waals surface area contributed by atoms with Crippen LogP contribution in [0.3, 0.4) is 0 Å². The van der Waals surface area contributed by atoms with Gasteiger partial charge in [-0.25, -0.2) is 23.3 Å². The molecule has 6 fully saturated rings. The van der Waals surface area contributed by atoms with Gasteiger partial charge in [0.1, 0.15) is 23.1 Å². The number of likely N-dealkylation sites (tertiary alicyclic amines) is 2. The van der Waals surface area contributed by atoms with E-state index in [0.29, 0.717) is 36.4 Å². The molecule has 1 saturated carbocycles. The Kier molecular flexibility index (Phi) is 10.8. The number of benzene rings is 1. The highest BCUT2D eigenvalue weighted by molar-refractivity contribution is 6.10. The molecule has 0 radical (unpaired) electrons. The van der Waals surface area contributed by atoms with E-state index in [1.807, 2.05) is 16.7 Å². The zero-order valence-corrected chi connectivity index (χ0v) is 37.5. The number of imide groups is 1. The van der Waals surface area contributed by atoms with Crippen LogP contribution >= 0.6 is 0 Å². The number of morpholine rings is 1. The summed E-state index contributed by atoms with van der Waals surface area (Å²) >= 11 is 0. The second-order valence-electron chi connectivity index (χ2n) is 20.1. The summed E-state index contributed by atoms with van der Waals surface area (Å²) in [7, 11) is 0. The van der Waals surface area contributed by atoms with Crippen molar-refractivity contribution in [2.75, 3.05) is 62.6 Å². The number of nitrogens with one attached hydrogen (secondary N) is 2. The first-order chi connectivity index (χ1) is 32.6.